The standard InChI is InChI=1S/C13H10Cl2FNO2S/c1-8-6-13(10(15)7-9(8)14)20(18,19)17-12-5-3-2-4-11(12)16/h2-7,17H,1H3. The molecule has 0 unspecified atom stereocenters. The van der Waals surface area contributed by atoms with Crippen molar-refractivity contribution in [1.29, 1.82) is 0 Å². The van der Waals surface area contributed by atoms with Crippen LogP contribution >= 0.6 is 23.2 Å². The van der Waals surface area contributed by atoms with Crippen LogP contribution in [0.3, 0.4) is 0 Å². The smallest absolute Gasteiger partial charge is 0.263 e. The second-order valence-corrected chi connectivity index (χ2v) is 6.58. The summed E-state index contributed by atoms with van der Waals surface area (Å²) in [4.78, 5) is -0.149. The molecule has 2 rings (SSSR count). The number of sulfonamides is 1. The summed E-state index contributed by atoms with van der Waals surface area (Å²) in [7, 11) is -3.99. The van der Waals surface area contributed by atoms with E-state index in [4.69, 9.17) is 23.2 Å². The first-order valence-corrected chi connectivity index (χ1v) is 7.78. The minimum Gasteiger partial charge on any atom is -0.277 e. The molecule has 0 saturated heterocycles. The van der Waals surface area contributed by atoms with Gasteiger partial charge in [-0.1, -0.05) is 35.3 Å². The Hall–Kier alpha value is -1.30. The monoisotopic (exact) mass is 333 g/mol. The lowest BCUT2D eigenvalue weighted by atomic mass is 10.2. The van der Waals surface area contributed by atoms with Crippen LogP contribution in [0.5, 0.6) is 0 Å². The predicted molar refractivity (Wildman–Crippen MR) is 78.4 cm³/mol. The molecule has 1 N–H and O–H groups in total. The highest BCUT2D eigenvalue weighted by atomic mass is 35.5. The fourth-order valence-electron chi connectivity index (χ4n) is 1.58. The number of nitrogens with one attached hydrogen (secondary N) is 1. The number of para-hydroxylation sites is 1. The highest BCUT2D eigenvalue weighted by Crippen LogP contribution is 2.29. The molecule has 0 aliphatic carbocycles. The van der Waals surface area contributed by atoms with Gasteiger partial charge in [0.05, 0.1) is 10.7 Å². The van der Waals surface area contributed by atoms with Crippen molar-refractivity contribution in [3.05, 3.63) is 57.8 Å². The van der Waals surface area contributed by atoms with E-state index >= 15 is 0 Å². The molecule has 3 nitrogen and oxygen atoms in total. The number of halogens is 3. The van der Waals surface area contributed by atoms with Crippen molar-refractivity contribution in [3.63, 3.8) is 0 Å². The maximum Gasteiger partial charge on any atom is 0.263 e. The molecule has 0 bridgehead atoms. The van der Waals surface area contributed by atoms with E-state index < -0.39 is 15.8 Å². The summed E-state index contributed by atoms with van der Waals surface area (Å²) in [5.74, 6) is -0.669. The third-order valence-corrected chi connectivity index (χ3v) is 4.86. The van der Waals surface area contributed by atoms with E-state index in [1.165, 1.54) is 30.3 Å². The van der Waals surface area contributed by atoms with Crippen molar-refractivity contribution in [1.82, 2.24) is 0 Å². The molecule has 0 amide bonds. The minimum atomic E-state index is -3.99. The van der Waals surface area contributed by atoms with Gasteiger partial charge in [-0.05, 0) is 36.8 Å². The van der Waals surface area contributed by atoms with Gasteiger partial charge >= 0.3 is 0 Å². The van der Waals surface area contributed by atoms with E-state index in [1.54, 1.807) is 6.92 Å². The zero-order valence-electron chi connectivity index (χ0n) is 10.3. The Bertz CT molecular complexity index is 763. The van der Waals surface area contributed by atoms with Gasteiger partial charge in [0, 0.05) is 5.02 Å². The number of hydrogen-bond donors (Lipinski definition) is 1. The van der Waals surface area contributed by atoms with Crippen molar-refractivity contribution in [2.45, 2.75) is 11.8 Å². The first-order valence-electron chi connectivity index (χ1n) is 5.54. The average Bonchev–Trinajstić information content (AvgIpc) is 2.36. The van der Waals surface area contributed by atoms with Crippen LogP contribution in [-0.4, -0.2) is 8.42 Å². The number of rotatable bonds is 3. The lowest BCUT2D eigenvalue weighted by Crippen LogP contribution is -2.14. The summed E-state index contributed by atoms with van der Waals surface area (Å²) in [5, 5.41) is 0.337. The lowest BCUT2D eigenvalue weighted by Gasteiger charge is -2.11. The van der Waals surface area contributed by atoms with Crippen LogP contribution in [0.25, 0.3) is 0 Å². The van der Waals surface area contributed by atoms with Gasteiger partial charge in [0.15, 0.2) is 0 Å². The molecule has 0 aliphatic rings. The SMILES string of the molecule is Cc1cc(S(=O)(=O)Nc2ccccc2F)c(Cl)cc1Cl. The minimum absolute atomic E-state index is 0.0237. The van der Waals surface area contributed by atoms with Gasteiger partial charge in [-0.3, -0.25) is 4.72 Å². The molecule has 20 heavy (non-hydrogen) atoms. The van der Waals surface area contributed by atoms with E-state index in [1.807, 2.05) is 0 Å². The number of aryl methyl sites for hydroxylation is 1. The Kier molecular flexibility index (Phi) is 4.22. The van der Waals surface area contributed by atoms with Crippen molar-refractivity contribution in [2.24, 2.45) is 0 Å². The predicted octanol–water partition coefficient (Wildman–Crippen LogP) is 4.24. The molecule has 2 aromatic rings. The molecule has 0 atom stereocenters. The van der Waals surface area contributed by atoms with Crippen LogP contribution in [0, 0.1) is 12.7 Å². The highest BCUT2D eigenvalue weighted by molar-refractivity contribution is 7.92. The molecule has 0 heterocycles. The molecule has 0 saturated carbocycles. The van der Waals surface area contributed by atoms with Crippen LogP contribution in [0.4, 0.5) is 10.1 Å². The number of hydrogen-bond acceptors (Lipinski definition) is 2. The maximum absolute atomic E-state index is 13.5. The largest absolute Gasteiger partial charge is 0.277 e. The van der Waals surface area contributed by atoms with Crippen LogP contribution in [0.15, 0.2) is 41.3 Å². The molecule has 0 radical (unpaired) electrons. The van der Waals surface area contributed by atoms with E-state index in [2.05, 4.69) is 4.72 Å². The quantitative estimate of drug-likeness (QED) is 0.912. The third kappa shape index (κ3) is 3.06. The lowest BCUT2D eigenvalue weighted by molar-refractivity contribution is 0.598. The Morgan fingerprint density at radius 1 is 1.10 bits per heavy atom. The van der Waals surface area contributed by atoms with Gasteiger partial charge < -0.3 is 0 Å². The Morgan fingerprint density at radius 2 is 1.75 bits per heavy atom. The van der Waals surface area contributed by atoms with E-state index in [0.29, 0.717) is 10.6 Å². The van der Waals surface area contributed by atoms with Crippen LogP contribution < -0.4 is 4.72 Å². The molecule has 0 fully saturated rings. The zero-order chi connectivity index (χ0) is 14.9. The summed E-state index contributed by atoms with van der Waals surface area (Å²) in [6, 6.07) is 8.15. The maximum atomic E-state index is 13.5. The van der Waals surface area contributed by atoms with Gasteiger partial charge in [-0.15, -0.1) is 0 Å². The number of anilines is 1. The Balaban J connectivity index is 2.47. The van der Waals surface area contributed by atoms with E-state index in [0.717, 1.165) is 6.07 Å². The second kappa shape index (κ2) is 5.60. The fraction of sp³-hybridized carbons (Fsp3) is 0.0769. The molecule has 7 heteroatoms. The Morgan fingerprint density at radius 3 is 2.40 bits per heavy atom. The van der Waals surface area contributed by atoms with Gasteiger partial charge in [-0.25, -0.2) is 12.8 Å². The molecular weight excluding hydrogens is 324 g/mol. The fourth-order valence-corrected chi connectivity index (χ4v) is 3.48. The molecule has 0 aliphatic heterocycles. The molecular formula is C13H10Cl2FNO2S. The van der Waals surface area contributed by atoms with Crippen molar-refractivity contribution in [2.75, 3.05) is 4.72 Å². The van der Waals surface area contributed by atoms with E-state index in [-0.39, 0.29) is 15.6 Å². The van der Waals surface area contributed by atoms with Crippen LogP contribution in [0.2, 0.25) is 10.0 Å². The third-order valence-electron chi connectivity index (χ3n) is 2.62. The first-order chi connectivity index (χ1) is 9.31. The van der Waals surface area contributed by atoms with Gasteiger partial charge in [0.25, 0.3) is 10.0 Å². The first kappa shape index (κ1) is 15.1. The normalized spacial score (nSPS) is 11.4. The summed E-state index contributed by atoms with van der Waals surface area (Å²) in [5.41, 5.74) is 0.418. The van der Waals surface area contributed by atoms with Crippen molar-refractivity contribution >= 4 is 38.9 Å². The van der Waals surface area contributed by atoms with E-state index in [9.17, 15) is 12.8 Å². The summed E-state index contributed by atoms with van der Waals surface area (Å²) in [6.07, 6.45) is 0. The topological polar surface area (TPSA) is 46.2 Å². The molecule has 2 aromatic carbocycles. The van der Waals surface area contributed by atoms with Gasteiger partial charge in [-0.2, -0.15) is 0 Å². The van der Waals surface area contributed by atoms with Crippen LogP contribution in [0.1, 0.15) is 5.56 Å². The summed E-state index contributed by atoms with van der Waals surface area (Å²) in [6.45, 7) is 1.65. The summed E-state index contributed by atoms with van der Waals surface area (Å²) < 4.78 is 40.1. The Labute approximate surface area is 126 Å². The zero-order valence-corrected chi connectivity index (χ0v) is 12.7. The van der Waals surface area contributed by atoms with Gasteiger partial charge in [0.1, 0.15) is 10.7 Å². The van der Waals surface area contributed by atoms with Crippen LogP contribution in [-0.2, 0) is 10.0 Å². The number of benzene rings is 2. The highest BCUT2D eigenvalue weighted by Gasteiger charge is 2.20. The average molecular weight is 334 g/mol. The van der Waals surface area contributed by atoms with Gasteiger partial charge in [0.2, 0.25) is 0 Å². The molecule has 0 aromatic heterocycles. The molecule has 106 valence electrons. The van der Waals surface area contributed by atoms with Crippen molar-refractivity contribution < 1.29 is 12.8 Å². The second-order valence-electron chi connectivity index (χ2n) is 4.12. The summed E-state index contributed by atoms with van der Waals surface area (Å²) >= 11 is 11.8. The van der Waals surface area contributed by atoms with Crippen molar-refractivity contribution in [3.8, 4) is 0 Å². The molecule has 0 spiro atoms.